The number of aromatic nitrogens is 2. The minimum atomic E-state index is -0.524. The number of morpholine rings is 1. The lowest BCUT2D eigenvalue weighted by Gasteiger charge is -2.42. The number of carbonyl (C=O) groups is 1. The van der Waals surface area contributed by atoms with Crippen molar-refractivity contribution in [2.24, 2.45) is 0 Å². The number of ether oxygens (including phenoxy) is 1. The lowest BCUT2D eigenvalue weighted by atomic mass is 9.88. The van der Waals surface area contributed by atoms with Gasteiger partial charge in [0.2, 0.25) is 5.91 Å². The predicted molar refractivity (Wildman–Crippen MR) is 130 cm³/mol. The fourth-order valence-corrected chi connectivity index (χ4v) is 5.67. The van der Waals surface area contributed by atoms with Crippen LogP contribution in [-0.4, -0.2) is 89.8 Å². The summed E-state index contributed by atoms with van der Waals surface area (Å²) in [6.07, 6.45) is 1.70. The number of benzene rings is 1. The lowest BCUT2D eigenvalue weighted by Crippen LogP contribution is -2.55. The van der Waals surface area contributed by atoms with E-state index in [4.69, 9.17) is 16.3 Å². The SMILES string of the molecule is C[C@@H]1C[C@H](O)c2ncnc(N3CCN(C(=O)[C@@H](c4ccc(Cl)cc4)[C@@H]4COCCN4C)CC3)c21. The molecule has 2 aromatic rings. The van der Waals surface area contributed by atoms with Gasteiger partial charge in [-0.25, -0.2) is 9.97 Å². The van der Waals surface area contributed by atoms with Crippen molar-refractivity contribution in [3.63, 3.8) is 0 Å². The van der Waals surface area contributed by atoms with E-state index in [9.17, 15) is 9.90 Å². The number of carbonyl (C=O) groups excluding carboxylic acids is 1. The second-order valence-electron chi connectivity index (χ2n) is 9.61. The number of fused-ring (bicyclic) bond motifs is 1. The van der Waals surface area contributed by atoms with E-state index in [2.05, 4.69) is 33.7 Å². The summed E-state index contributed by atoms with van der Waals surface area (Å²) in [5.41, 5.74) is 2.77. The third-order valence-corrected chi connectivity index (χ3v) is 7.74. The van der Waals surface area contributed by atoms with Gasteiger partial charge in [0, 0.05) is 49.4 Å². The Labute approximate surface area is 205 Å². The number of amides is 1. The summed E-state index contributed by atoms with van der Waals surface area (Å²) in [5, 5.41) is 11.0. The zero-order chi connectivity index (χ0) is 23.8. The van der Waals surface area contributed by atoms with E-state index in [0.29, 0.717) is 50.8 Å². The van der Waals surface area contributed by atoms with Gasteiger partial charge in [0.05, 0.1) is 30.9 Å². The number of aliphatic hydroxyl groups excluding tert-OH is 1. The summed E-state index contributed by atoms with van der Waals surface area (Å²) in [4.78, 5) is 29.2. The van der Waals surface area contributed by atoms with Gasteiger partial charge in [-0.1, -0.05) is 30.7 Å². The number of hydrogen-bond acceptors (Lipinski definition) is 7. The number of rotatable bonds is 4. The Morgan fingerprint density at radius 3 is 2.59 bits per heavy atom. The average Bonchev–Trinajstić information content (AvgIpc) is 3.15. The van der Waals surface area contributed by atoms with Crippen molar-refractivity contribution in [2.45, 2.75) is 37.3 Å². The number of halogens is 1. The van der Waals surface area contributed by atoms with Crippen molar-refractivity contribution in [1.29, 1.82) is 0 Å². The van der Waals surface area contributed by atoms with Crippen molar-refractivity contribution in [3.05, 3.63) is 52.4 Å². The summed E-state index contributed by atoms with van der Waals surface area (Å²) in [7, 11) is 2.06. The van der Waals surface area contributed by atoms with Crippen LogP contribution in [0, 0.1) is 0 Å². The van der Waals surface area contributed by atoms with Crippen LogP contribution in [0.15, 0.2) is 30.6 Å². The van der Waals surface area contributed by atoms with Gasteiger partial charge in [-0.05, 0) is 37.1 Å². The highest BCUT2D eigenvalue weighted by Gasteiger charge is 2.39. The molecule has 0 unspecified atom stereocenters. The quantitative estimate of drug-likeness (QED) is 0.712. The average molecular weight is 486 g/mol. The largest absolute Gasteiger partial charge is 0.387 e. The molecule has 1 aromatic heterocycles. The van der Waals surface area contributed by atoms with E-state index in [1.54, 1.807) is 6.33 Å². The molecular formula is C25H32ClN5O3. The molecule has 34 heavy (non-hydrogen) atoms. The van der Waals surface area contributed by atoms with Crippen LogP contribution in [0.3, 0.4) is 0 Å². The van der Waals surface area contributed by atoms with Crippen LogP contribution in [0.25, 0.3) is 0 Å². The van der Waals surface area contributed by atoms with E-state index >= 15 is 0 Å². The molecule has 8 nitrogen and oxygen atoms in total. The lowest BCUT2D eigenvalue weighted by molar-refractivity contribution is -0.136. The maximum absolute atomic E-state index is 13.9. The third-order valence-electron chi connectivity index (χ3n) is 7.49. The first kappa shape index (κ1) is 23.5. The van der Waals surface area contributed by atoms with Crippen molar-refractivity contribution in [3.8, 4) is 0 Å². The van der Waals surface area contributed by atoms with Crippen molar-refractivity contribution in [1.82, 2.24) is 19.8 Å². The number of aliphatic hydroxyl groups is 1. The van der Waals surface area contributed by atoms with Gasteiger partial charge in [0.25, 0.3) is 0 Å². The number of nitrogens with zero attached hydrogens (tertiary/aromatic N) is 5. The van der Waals surface area contributed by atoms with Crippen LogP contribution in [0.1, 0.15) is 48.1 Å². The molecule has 182 valence electrons. The molecule has 1 aromatic carbocycles. The highest BCUT2D eigenvalue weighted by atomic mass is 35.5. The zero-order valence-corrected chi connectivity index (χ0v) is 20.5. The molecule has 3 heterocycles. The Hall–Kier alpha value is -2.26. The standard InChI is InChI=1S/C25H32ClN5O3/c1-16-13-20(32)23-21(16)24(28-15-27-23)30-7-9-31(10-8-30)25(33)22(17-3-5-18(26)6-4-17)19-14-34-12-11-29(19)2/h3-6,15-16,19-20,22,32H,7-14H2,1-2H3/t16-,19+,20+,22+/m1/s1. The van der Waals surface area contributed by atoms with Gasteiger partial charge in [-0.2, -0.15) is 0 Å². The summed E-state index contributed by atoms with van der Waals surface area (Å²) < 4.78 is 5.77. The molecule has 5 rings (SSSR count). The van der Waals surface area contributed by atoms with Crippen LogP contribution in [0.5, 0.6) is 0 Å². The molecule has 2 aliphatic heterocycles. The molecule has 4 atom stereocenters. The number of hydrogen-bond donors (Lipinski definition) is 1. The Morgan fingerprint density at radius 1 is 1.15 bits per heavy atom. The molecule has 2 saturated heterocycles. The van der Waals surface area contributed by atoms with Gasteiger partial charge in [-0.15, -0.1) is 0 Å². The highest BCUT2D eigenvalue weighted by Crippen LogP contribution is 2.43. The van der Waals surface area contributed by atoms with E-state index in [1.165, 1.54) is 0 Å². The van der Waals surface area contributed by atoms with Crippen molar-refractivity contribution in [2.75, 3.05) is 57.9 Å². The summed E-state index contributed by atoms with van der Waals surface area (Å²) in [6, 6.07) is 7.60. The van der Waals surface area contributed by atoms with Gasteiger partial charge < -0.3 is 19.6 Å². The first-order chi connectivity index (χ1) is 16.4. The van der Waals surface area contributed by atoms with Crippen LogP contribution < -0.4 is 4.90 Å². The normalized spacial score (nSPS) is 26.4. The van der Waals surface area contributed by atoms with Crippen LogP contribution in [0.2, 0.25) is 5.02 Å². The van der Waals surface area contributed by atoms with Crippen LogP contribution in [0.4, 0.5) is 5.82 Å². The van der Waals surface area contributed by atoms with Gasteiger partial charge in [0.15, 0.2) is 0 Å². The van der Waals surface area contributed by atoms with Crippen LogP contribution >= 0.6 is 11.6 Å². The van der Waals surface area contributed by atoms with Crippen molar-refractivity contribution >= 4 is 23.3 Å². The second-order valence-corrected chi connectivity index (χ2v) is 10.0. The summed E-state index contributed by atoms with van der Waals surface area (Å²) in [5.74, 6) is 0.932. The molecule has 2 fully saturated rings. The number of likely N-dealkylation sites (N-methyl/N-ethyl adjacent to an activating group) is 1. The molecule has 0 saturated carbocycles. The molecule has 1 aliphatic carbocycles. The van der Waals surface area contributed by atoms with E-state index in [0.717, 1.165) is 29.2 Å². The molecular weight excluding hydrogens is 454 g/mol. The fraction of sp³-hybridized carbons (Fsp3) is 0.560. The minimum Gasteiger partial charge on any atom is -0.387 e. The smallest absolute Gasteiger partial charge is 0.231 e. The Bertz CT molecular complexity index is 1030. The first-order valence-corrected chi connectivity index (χ1v) is 12.4. The van der Waals surface area contributed by atoms with Crippen LogP contribution in [-0.2, 0) is 9.53 Å². The van der Waals surface area contributed by atoms with Gasteiger partial charge in [0.1, 0.15) is 12.1 Å². The molecule has 0 bridgehead atoms. The molecule has 1 N–H and O–H groups in total. The fourth-order valence-electron chi connectivity index (χ4n) is 5.55. The van der Waals surface area contributed by atoms with E-state index < -0.39 is 6.10 Å². The Balaban J connectivity index is 1.34. The second kappa shape index (κ2) is 9.77. The third kappa shape index (κ3) is 4.40. The highest BCUT2D eigenvalue weighted by molar-refractivity contribution is 6.30. The molecule has 0 radical (unpaired) electrons. The topological polar surface area (TPSA) is 82.0 Å². The predicted octanol–water partition coefficient (Wildman–Crippen LogP) is 2.43. The first-order valence-electron chi connectivity index (χ1n) is 12.0. The summed E-state index contributed by atoms with van der Waals surface area (Å²) in [6.45, 7) is 6.77. The Kier molecular flexibility index (Phi) is 6.75. The van der Waals surface area contributed by atoms with E-state index in [-0.39, 0.29) is 23.8 Å². The molecule has 1 amide bonds. The van der Waals surface area contributed by atoms with Crippen molar-refractivity contribution < 1.29 is 14.6 Å². The molecule has 0 spiro atoms. The van der Waals surface area contributed by atoms with Gasteiger partial charge in [-0.3, -0.25) is 9.69 Å². The monoisotopic (exact) mass is 485 g/mol. The van der Waals surface area contributed by atoms with Gasteiger partial charge >= 0.3 is 0 Å². The summed E-state index contributed by atoms with van der Waals surface area (Å²) >= 11 is 6.13. The minimum absolute atomic E-state index is 0.0204. The zero-order valence-electron chi connectivity index (χ0n) is 19.7. The number of anilines is 1. The van der Waals surface area contributed by atoms with E-state index in [1.807, 2.05) is 29.2 Å². The molecule has 9 heteroatoms. The molecule has 3 aliphatic rings. The maximum Gasteiger partial charge on any atom is 0.231 e. The maximum atomic E-state index is 13.9. The Morgan fingerprint density at radius 2 is 1.88 bits per heavy atom. The number of piperazine rings is 1.